The summed E-state index contributed by atoms with van der Waals surface area (Å²) in [5.74, 6) is 0.925. The lowest BCUT2D eigenvalue weighted by atomic mass is 9.71. The number of hydrogen-bond acceptors (Lipinski definition) is 6. The molecule has 1 aromatic rings. The predicted molar refractivity (Wildman–Crippen MR) is 106 cm³/mol. The second-order valence-electron chi connectivity index (χ2n) is 8.47. The Morgan fingerprint density at radius 1 is 1.18 bits per heavy atom. The Labute approximate surface area is 169 Å². The Morgan fingerprint density at radius 2 is 2.07 bits per heavy atom. The number of rotatable bonds is 2. The van der Waals surface area contributed by atoms with E-state index >= 15 is 0 Å². The van der Waals surface area contributed by atoms with Gasteiger partial charge in [0.05, 0.1) is 6.61 Å². The summed E-state index contributed by atoms with van der Waals surface area (Å²) in [4.78, 5) is 37.4. The molecule has 0 radical (unpaired) electrons. The van der Waals surface area contributed by atoms with Gasteiger partial charge in [0.2, 0.25) is 11.8 Å². The van der Waals surface area contributed by atoms with Crippen molar-refractivity contribution < 1.29 is 14.3 Å². The van der Waals surface area contributed by atoms with E-state index in [9.17, 15) is 9.59 Å². The van der Waals surface area contributed by atoms with Crippen LogP contribution in [0.3, 0.4) is 0 Å². The standard InChI is InChI=1S/C20H28N4O3S/c25-17-4-1-3-16-14-11-15(13-23(12-14)20-21-5-10-28-20)18(24(16)17)19(26)22-6-2-8-27-9-7-22/h5,10,14-16,18H,1-4,6-9,11-13H2/t14-,15+,16+,18-/m1/s1. The molecule has 152 valence electrons. The van der Waals surface area contributed by atoms with Crippen molar-refractivity contribution in [1.29, 1.82) is 0 Å². The number of thiazole rings is 1. The maximum atomic E-state index is 13.6. The molecule has 2 amide bonds. The maximum absolute atomic E-state index is 13.6. The molecule has 8 heteroatoms. The lowest BCUT2D eigenvalue weighted by Gasteiger charge is -2.56. The van der Waals surface area contributed by atoms with Crippen molar-refractivity contribution in [2.45, 2.75) is 44.2 Å². The fraction of sp³-hybridized carbons (Fsp3) is 0.750. The van der Waals surface area contributed by atoms with E-state index in [4.69, 9.17) is 4.74 Å². The van der Waals surface area contributed by atoms with Crippen LogP contribution in [0.1, 0.15) is 32.1 Å². The molecule has 0 unspecified atom stereocenters. The van der Waals surface area contributed by atoms with Gasteiger partial charge in [0.1, 0.15) is 6.04 Å². The quantitative estimate of drug-likeness (QED) is 0.749. The molecule has 0 saturated carbocycles. The molecule has 2 bridgehead atoms. The lowest BCUT2D eigenvalue weighted by molar-refractivity contribution is -0.161. The van der Waals surface area contributed by atoms with Crippen LogP contribution in [0.4, 0.5) is 5.13 Å². The number of fused-ring (bicyclic) bond motifs is 4. The number of nitrogens with zero attached hydrogens (tertiary/aromatic N) is 4. The largest absolute Gasteiger partial charge is 0.380 e. The number of anilines is 1. The summed E-state index contributed by atoms with van der Waals surface area (Å²) in [6, 6.07) is -0.132. The van der Waals surface area contributed by atoms with Gasteiger partial charge >= 0.3 is 0 Å². The molecule has 28 heavy (non-hydrogen) atoms. The number of carbonyl (C=O) groups is 2. The van der Waals surface area contributed by atoms with Gasteiger partial charge in [-0.05, 0) is 31.6 Å². The molecule has 7 nitrogen and oxygen atoms in total. The molecule has 5 heterocycles. The van der Waals surface area contributed by atoms with E-state index in [1.807, 2.05) is 21.4 Å². The Balaban J connectivity index is 1.45. The van der Waals surface area contributed by atoms with Gasteiger partial charge in [0.25, 0.3) is 0 Å². The molecule has 4 fully saturated rings. The summed E-state index contributed by atoms with van der Waals surface area (Å²) >= 11 is 1.66. The average molecular weight is 405 g/mol. The summed E-state index contributed by atoms with van der Waals surface area (Å²) < 4.78 is 5.55. The van der Waals surface area contributed by atoms with Crippen LogP contribution >= 0.6 is 11.3 Å². The van der Waals surface area contributed by atoms with Crippen LogP contribution in [-0.4, -0.2) is 78.1 Å². The first-order chi connectivity index (χ1) is 13.7. The van der Waals surface area contributed by atoms with Gasteiger partial charge in [-0.2, -0.15) is 0 Å². The minimum absolute atomic E-state index is 0.134. The zero-order valence-corrected chi connectivity index (χ0v) is 17.0. The van der Waals surface area contributed by atoms with Crippen molar-refractivity contribution in [3.05, 3.63) is 11.6 Å². The number of amides is 2. The van der Waals surface area contributed by atoms with E-state index in [2.05, 4.69) is 9.88 Å². The number of carbonyl (C=O) groups excluding carboxylic acids is 2. The summed E-state index contributed by atoms with van der Waals surface area (Å²) in [5.41, 5.74) is 0. The van der Waals surface area contributed by atoms with E-state index in [0.717, 1.165) is 50.4 Å². The molecule has 4 saturated heterocycles. The molecule has 1 aromatic heterocycles. The Bertz CT molecular complexity index is 719. The van der Waals surface area contributed by atoms with Crippen LogP contribution in [0.15, 0.2) is 11.6 Å². The van der Waals surface area contributed by atoms with Crippen molar-refractivity contribution in [1.82, 2.24) is 14.8 Å². The van der Waals surface area contributed by atoms with Crippen LogP contribution < -0.4 is 4.90 Å². The molecular formula is C20H28N4O3S. The van der Waals surface area contributed by atoms with Gasteiger partial charge in [0, 0.05) is 62.7 Å². The Kier molecular flexibility index (Phi) is 5.00. The highest BCUT2D eigenvalue weighted by molar-refractivity contribution is 7.13. The number of hydrogen-bond donors (Lipinski definition) is 0. The second kappa shape index (κ2) is 7.63. The normalized spacial score (nSPS) is 33.4. The first-order valence-corrected chi connectivity index (χ1v) is 11.4. The van der Waals surface area contributed by atoms with Crippen molar-refractivity contribution in [2.24, 2.45) is 11.8 Å². The average Bonchev–Trinajstić information content (AvgIpc) is 3.11. The monoisotopic (exact) mass is 404 g/mol. The van der Waals surface area contributed by atoms with Crippen LogP contribution in [0, 0.1) is 11.8 Å². The first kappa shape index (κ1) is 18.4. The maximum Gasteiger partial charge on any atom is 0.245 e. The van der Waals surface area contributed by atoms with Gasteiger partial charge in [-0.3, -0.25) is 9.59 Å². The topological polar surface area (TPSA) is 66.0 Å². The molecule has 0 spiro atoms. The van der Waals surface area contributed by atoms with E-state index in [1.54, 1.807) is 11.3 Å². The van der Waals surface area contributed by atoms with Crippen molar-refractivity contribution in [3.8, 4) is 0 Å². The second-order valence-corrected chi connectivity index (χ2v) is 9.35. The highest BCUT2D eigenvalue weighted by Crippen LogP contribution is 2.43. The fourth-order valence-corrected chi connectivity index (χ4v) is 6.32. The highest BCUT2D eigenvalue weighted by atomic mass is 32.1. The van der Waals surface area contributed by atoms with Crippen LogP contribution in [0.5, 0.6) is 0 Å². The molecule has 4 aliphatic heterocycles. The lowest BCUT2D eigenvalue weighted by Crippen LogP contribution is -2.68. The van der Waals surface area contributed by atoms with Crippen molar-refractivity contribution >= 4 is 28.3 Å². The van der Waals surface area contributed by atoms with Crippen LogP contribution in [0.25, 0.3) is 0 Å². The van der Waals surface area contributed by atoms with Crippen LogP contribution in [0.2, 0.25) is 0 Å². The van der Waals surface area contributed by atoms with E-state index in [1.165, 1.54) is 0 Å². The minimum Gasteiger partial charge on any atom is -0.380 e. The number of ether oxygens (including phenoxy) is 1. The molecular weight excluding hydrogens is 376 g/mol. The number of piperidine rings is 3. The van der Waals surface area contributed by atoms with Gasteiger partial charge in [-0.15, -0.1) is 11.3 Å². The molecule has 4 aliphatic rings. The van der Waals surface area contributed by atoms with E-state index in [-0.39, 0.29) is 29.8 Å². The van der Waals surface area contributed by atoms with Crippen molar-refractivity contribution in [2.75, 3.05) is 44.3 Å². The third-order valence-electron chi connectivity index (χ3n) is 6.82. The molecule has 4 atom stereocenters. The molecule has 0 aromatic carbocycles. The number of aromatic nitrogens is 1. The van der Waals surface area contributed by atoms with Gasteiger partial charge in [-0.25, -0.2) is 4.98 Å². The van der Waals surface area contributed by atoms with Gasteiger partial charge in [0.15, 0.2) is 5.13 Å². The predicted octanol–water partition coefficient (Wildman–Crippen LogP) is 1.60. The smallest absolute Gasteiger partial charge is 0.245 e. The SMILES string of the molecule is O=C([C@H]1[C@H]2C[C@H](CN(c3nccs3)C2)[C@@H]2CCCC(=O)N21)N1CCCOCC1. The van der Waals surface area contributed by atoms with E-state index < -0.39 is 0 Å². The zero-order valence-electron chi connectivity index (χ0n) is 16.2. The minimum atomic E-state index is -0.324. The fourth-order valence-electron chi connectivity index (χ4n) is 5.66. The highest BCUT2D eigenvalue weighted by Gasteiger charge is 2.53. The summed E-state index contributed by atoms with van der Waals surface area (Å²) in [5, 5.41) is 3.05. The first-order valence-electron chi connectivity index (χ1n) is 10.5. The Morgan fingerprint density at radius 3 is 2.93 bits per heavy atom. The van der Waals surface area contributed by atoms with Gasteiger partial charge in [-0.1, -0.05) is 0 Å². The van der Waals surface area contributed by atoms with Crippen LogP contribution in [-0.2, 0) is 14.3 Å². The summed E-state index contributed by atoms with van der Waals surface area (Å²) in [7, 11) is 0. The van der Waals surface area contributed by atoms with Gasteiger partial charge < -0.3 is 19.4 Å². The third kappa shape index (κ3) is 3.20. The zero-order chi connectivity index (χ0) is 19.1. The summed E-state index contributed by atoms with van der Waals surface area (Å²) in [6.45, 7) is 4.42. The molecule has 5 rings (SSSR count). The summed E-state index contributed by atoms with van der Waals surface area (Å²) in [6.07, 6.45) is 6.30. The molecule has 0 N–H and O–H groups in total. The Hall–Kier alpha value is -1.67. The van der Waals surface area contributed by atoms with E-state index in [0.29, 0.717) is 32.1 Å². The molecule has 0 aliphatic carbocycles. The van der Waals surface area contributed by atoms with Crippen molar-refractivity contribution in [3.63, 3.8) is 0 Å². The third-order valence-corrected chi connectivity index (χ3v) is 7.65.